The number of pyridine rings is 1. The van der Waals surface area contributed by atoms with Gasteiger partial charge in [-0.3, -0.25) is 14.3 Å². The summed E-state index contributed by atoms with van der Waals surface area (Å²) in [4.78, 5) is 23.9. The first-order valence-corrected chi connectivity index (χ1v) is 8.40. The number of halogens is 1. The van der Waals surface area contributed by atoms with Crippen molar-refractivity contribution >= 4 is 23.6 Å². The molecule has 0 aliphatic rings. The molecule has 2 aromatic rings. The molecule has 2 heterocycles. The third kappa shape index (κ3) is 3.56. The van der Waals surface area contributed by atoms with Crippen molar-refractivity contribution in [2.45, 2.75) is 11.8 Å². The van der Waals surface area contributed by atoms with Crippen LogP contribution in [0.25, 0.3) is 17.5 Å². The first kappa shape index (κ1) is 17.9. The first-order chi connectivity index (χ1) is 11.4. The molecule has 24 heavy (non-hydrogen) atoms. The molecule has 0 bridgehead atoms. The van der Waals surface area contributed by atoms with Crippen LogP contribution in [0.4, 0.5) is 10.1 Å². The molecule has 2 aromatic heterocycles. The molecule has 0 N–H and O–H groups in total. The summed E-state index contributed by atoms with van der Waals surface area (Å²) in [5.74, 6) is -0.630. The molecule has 5 nitrogen and oxygen atoms in total. The number of nitrogens with zero attached hydrogens (tertiary/aromatic N) is 4. The van der Waals surface area contributed by atoms with Crippen LogP contribution >= 0.6 is 11.8 Å². The maximum absolute atomic E-state index is 12.8. The molecule has 0 amide bonds. The lowest BCUT2D eigenvalue weighted by Gasteiger charge is -2.19. The van der Waals surface area contributed by atoms with Gasteiger partial charge in [0.15, 0.2) is 0 Å². The van der Waals surface area contributed by atoms with Crippen molar-refractivity contribution in [2.24, 2.45) is 0 Å². The van der Waals surface area contributed by atoms with E-state index in [2.05, 4.69) is 16.5 Å². The predicted molar refractivity (Wildman–Crippen MR) is 98.2 cm³/mol. The number of aromatic nitrogens is 3. The Morgan fingerprint density at radius 1 is 1.42 bits per heavy atom. The minimum absolute atomic E-state index is 0.266. The van der Waals surface area contributed by atoms with Crippen LogP contribution in [0.3, 0.4) is 0 Å². The minimum atomic E-state index is -0.630. The van der Waals surface area contributed by atoms with Crippen LogP contribution in [0.1, 0.15) is 5.69 Å². The average molecular weight is 346 g/mol. The predicted octanol–water partition coefficient (Wildman–Crippen LogP) is 3.36. The first-order valence-electron chi connectivity index (χ1n) is 7.17. The van der Waals surface area contributed by atoms with Gasteiger partial charge in [-0.1, -0.05) is 6.58 Å². The fraction of sp³-hybridized carbons (Fsp3) is 0.235. The highest BCUT2D eigenvalue weighted by atomic mass is 32.2. The largest absolute Gasteiger partial charge is 0.377 e. The van der Waals surface area contributed by atoms with E-state index in [0.29, 0.717) is 10.6 Å². The topological polar surface area (TPSA) is 51.0 Å². The van der Waals surface area contributed by atoms with Gasteiger partial charge in [0.05, 0.1) is 10.6 Å². The smallest absolute Gasteiger partial charge is 0.271 e. The number of hydrogen-bond acceptors (Lipinski definition) is 5. The molecule has 126 valence electrons. The van der Waals surface area contributed by atoms with Gasteiger partial charge in [-0.2, -0.15) is 0 Å². The molecule has 0 fully saturated rings. The summed E-state index contributed by atoms with van der Waals surface area (Å²) >= 11 is 1.30. The molecule has 0 spiro atoms. The highest BCUT2D eigenvalue weighted by molar-refractivity contribution is 7.98. The Morgan fingerprint density at radius 2 is 2.12 bits per heavy atom. The fourth-order valence-electron chi connectivity index (χ4n) is 2.30. The zero-order chi connectivity index (χ0) is 17.9. The van der Waals surface area contributed by atoms with Crippen molar-refractivity contribution < 1.29 is 4.39 Å². The Bertz CT molecular complexity index is 858. The van der Waals surface area contributed by atoms with Gasteiger partial charge in [-0.15, -0.1) is 11.8 Å². The number of hydrogen-bond donors (Lipinski definition) is 0. The molecule has 0 aliphatic heterocycles. The zero-order valence-corrected chi connectivity index (χ0v) is 14.9. The Labute approximate surface area is 144 Å². The fourth-order valence-corrected chi connectivity index (χ4v) is 2.93. The second-order valence-electron chi connectivity index (χ2n) is 5.29. The Hall–Kier alpha value is -2.41. The quantitative estimate of drug-likeness (QED) is 0.614. The second-order valence-corrected chi connectivity index (χ2v) is 6.10. The van der Waals surface area contributed by atoms with Crippen molar-refractivity contribution in [3.8, 4) is 11.3 Å². The summed E-state index contributed by atoms with van der Waals surface area (Å²) < 4.78 is 14.0. The lowest BCUT2D eigenvalue weighted by Crippen LogP contribution is -2.20. The molecule has 0 saturated heterocycles. The van der Waals surface area contributed by atoms with E-state index in [1.807, 2.05) is 38.2 Å². The van der Waals surface area contributed by atoms with Gasteiger partial charge in [0.25, 0.3) is 5.56 Å². The van der Waals surface area contributed by atoms with E-state index in [0.717, 1.165) is 23.0 Å². The maximum Gasteiger partial charge on any atom is 0.271 e. The summed E-state index contributed by atoms with van der Waals surface area (Å²) in [5.41, 5.74) is 2.84. The lowest BCUT2D eigenvalue weighted by atomic mass is 10.1. The van der Waals surface area contributed by atoms with Crippen LogP contribution in [-0.4, -0.2) is 34.9 Å². The highest BCUT2D eigenvalue weighted by Gasteiger charge is 2.18. The molecule has 7 heteroatoms. The summed E-state index contributed by atoms with van der Waals surface area (Å²) in [7, 11) is 3.85. The van der Waals surface area contributed by atoms with Crippen LogP contribution in [-0.2, 0) is 0 Å². The van der Waals surface area contributed by atoms with Crippen LogP contribution in [0.5, 0.6) is 0 Å². The van der Waals surface area contributed by atoms with E-state index >= 15 is 0 Å². The normalized spacial score (nSPS) is 11.0. The summed E-state index contributed by atoms with van der Waals surface area (Å²) in [6.07, 6.45) is 7.34. The van der Waals surface area contributed by atoms with E-state index in [1.165, 1.54) is 28.9 Å². The van der Waals surface area contributed by atoms with Gasteiger partial charge in [0.1, 0.15) is 12.2 Å². The van der Waals surface area contributed by atoms with E-state index in [9.17, 15) is 9.18 Å². The van der Waals surface area contributed by atoms with Crippen molar-refractivity contribution in [1.29, 1.82) is 0 Å². The van der Waals surface area contributed by atoms with Gasteiger partial charge in [-0.05, 0) is 25.3 Å². The van der Waals surface area contributed by atoms with E-state index < -0.39 is 5.83 Å². The van der Waals surface area contributed by atoms with Crippen molar-refractivity contribution in [1.82, 2.24) is 14.5 Å². The monoisotopic (exact) mass is 346 g/mol. The number of anilines is 1. The summed E-state index contributed by atoms with van der Waals surface area (Å²) in [5, 5.41) is 0. The summed E-state index contributed by atoms with van der Waals surface area (Å²) in [6.45, 7) is 5.02. The third-order valence-corrected chi connectivity index (χ3v) is 4.19. The molecular formula is C17H19FN4OS. The van der Waals surface area contributed by atoms with Crippen molar-refractivity contribution in [3.63, 3.8) is 0 Å². The second kappa shape index (κ2) is 7.44. The van der Waals surface area contributed by atoms with Crippen LogP contribution < -0.4 is 10.5 Å². The maximum atomic E-state index is 12.8. The van der Waals surface area contributed by atoms with Crippen LogP contribution in [0.2, 0.25) is 0 Å². The lowest BCUT2D eigenvalue weighted by molar-refractivity contribution is 0.671. The van der Waals surface area contributed by atoms with Gasteiger partial charge in [0, 0.05) is 43.4 Å². The number of allylic oxidation sites excluding steroid dienone is 2. The average Bonchev–Trinajstić information content (AvgIpc) is 2.53. The molecule has 0 aliphatic carbocycles. The van der Waals surface area contributed by atoms with E-state index in [-0.39, 0.29) is 5.56 Å². The van der Waals surface area contributed by atoms with E-state index in [4.69, 9.17) is 0 Å². The van der Waals surface area contributed by atoms with Gasteiger partial charge in [-0.25, -0.2) is 9.37 Å². The number of aryl methyl sites for hydroxylation is 1. The van der Waals surface area contributed by atoms with Crippen LogP contribution in [0.15, 0.2) is 46.8 Å². The molecule has 0 atom stereocenters. The number of thioether (sulfide) groups is 1. The molecule has 0 radical (unpaired) electrons. The Kier molecular flexibility index (Phi) is 5.56. The summed E-state index contributed by atoms with van der Waals surface area (Å²) in [6, 6.07) is 1.88. The van der Waals surface area contributed by atoms with Crippen molar-refractivity contribution in [3.05, 3.63) is 53.1 Å². The SMILES string of the molecule is C=C(F)/C=C/n1cnc(-c2c(N(C)C)ccnc2C)c(SC)c1=O. The molecular weight excluding hydrogens is 327 g/mol. The minimum Gasteiger partial charge on any atom is -0.377 e. The van der Waals surface area contributed by atoms with Gasteiger partial charge >= 0.3 is 0 Å². The number of rotatable bonds is 5. The van der Waals surface area contributed by atoms with E-state index in [1.54, 1.807) is 6.20 Å². The van der Waals surface area contributed by atoms with Crippen LogP contribution in [0, 0.1) is 6.92 Å². The Balaban J connectivity index is 2.72. The zero-order valence-electron chi connectivity index (χ0n) is 14.1. The molecule has 0 unspecified atom stereocenters. The highest BCUT2D eigenvalue weighted by Crippen LogP contribution is 2.34. The van der Waals surface area contributed by atoms with Gasteiger partial charge in [0.2, 0.25) is 0 Å². The molecule has 0 aromatic carbocycles. The molecule has 2 rings (SSSR count). The standard InChI is InChI=1S/C17H19FN4OS/c1-11(18)7-9-22-10-20-15(16(24-5)17(22)23)14-12(2)19-8-6-13(14)21(3)4/h6-10H,1H2,2-5H3/b9-7+. The van der Waals surface area contributed by atoms with Crippen molar-refractivity contribution in [2.75, 3.05) is 25.3 Å². The van der Waals surface area contributed by atoms with Gasteiger partial charge < -0.3 is 4.90 Å². The molecule has 0 saturated carbocycles. The third-order valence-electron chi connectivity index (χ3n) is 3.41. The Morgan fingerprint density at radius 3 is 2.71 bits per heavy atom.